The Morgan fingerprint density at radius 1 is 1.03 bits per heavy atom. The number of likely N-dealkylation sites (tertiary alicyclic amines) is 1. The van der Waals surface area contributed by atoms with Gasteiger partial charge in [-0.1, -0.05) is 48.5 Å². The number of hydrogen-bond acceptors (Lipinski definition) is 4. The average molecular weight is 390 g/mol. The lowest BCUT2D eigenvalue weighted by atomic mass is 10.0. The molecule has 1 aliphatic heterocycles. The Morgan fingerprint density at radius 2 is 1.72 bits per heavy atom. The normalized spacial score (nSPS) is 15.5. The zero-order valence-electron chi connectivity index (χ0n) is 16.7. The minimum atomic E-state index is -0.543. The van der Waals surface area contributed by atoms with Gasteiger partial charge in [-0.3, -0.25) is 9.69 Å². The van der Waals surface area contributed by atoms with Crippen molar-refractivity contribution < 1.29 is 9.53 Å². The van der Waals surface area contributed by atoms with Crippen LogP contribution < -0.4 is 5.56 Å². The highest BCUT2D eigenvalue weighted by Gasteiger charge is 2.25. The molecule has 3 aromatic rings. The first kappa shape index (κ1) is 19.4. The van der Waals surface area contributed by atoms with Gasteiger partial charge in [0.1, 0.15) is 5.56 Å². The Morgan fingerprint density at radius 3 is 2.45 bits per heavy atom. The standard InChI is InChI=1S/C24H26N2O3/c1-2-29-24(28)21-16-19-10-6-7-11-22(19)26(23(21)27)20-12-14-25(15-13-20)17-18-8-4-3-5-9-18/h3-11,16,20H,2,12-15,17H2,1H3. The number of piperidine rings is 1. The van der Waals surface area contributed by atoms with Gasteiger partial charge >= 0.3 is 5.97 Å². The van der Waals surface area contributed by atoms with Crippen LogP contribution in [0.25, 0.3) is 10.9 Å². The van der Waals surface area contributed by atoms with E-state index in [1.54, 1.807) is 13.0 Å². The van der Waals surface area contributed by atoms with E-state index in [1.807, 2.05) is 34.9 Å². The van der Waals surface area contributed by atoms with Crippen LogP contribution in [0, 0.1) is 0 Å². The monoisotopic (exact) mass is 390 g/mol. The molecule has 1 aliphatic rings. The molecule has 2 heterocycles. The van der Waals surface area contributed by atoms with Crippen LogP contribution in [0.5, 0.6) is 0 Å². The van der Waals surface area contributed by atoms with Crippen LogP contribution >= 0.6 is 0 Å². The van der Waals surface area contributed by atoms with E-state index >= 15 is 0 Å². The number of carbonyl (C=O) groups excluding carboxylic acids is 1. The molecule has 0 radical (unpaired) electrons. The predicted molar refractivity (Wildman–Crippen MR) is 114 cm³/mol. The van der Waals surface area contributed by atoms with Crippen molar-refractivity contribution >= 4 is 16.9 Å². The molecule has 0 amide bonds. The number of pyridine rings is 1. The highest BCUT2D eigenvalue weighted by Crippen LogP contribution is 2.26. The van der Waals surface area contributed by atoms with E-state index in [2.05, 4.69) is 29.2 Å². The Labute approximate surface area is 170 Å². The van der Waals surface area contributed by atoms with Gasteiger partial charge < -0.3 is 9.30 Å². The first-order valence-electron chi connectivity index (χ1n) is 10.2. The summed E-state index contributed by atoms with van der Waals surface area (Å²) in [6.07, 6.45) is 1.76. The average Bonchev–Trinajstić information content (AvgIpc) is 2.75. The summed E-state index contributed by atoms with van der Waals surface area (Å²) in [6, 6.07) is 20.0. The summed E-state index contributed by atoms with van der Waals surface area (Å²) >= 11 is 0. The van der Waals surface area contributed by atoms with Gasteiger partial charge in [-0.2, -0.15) is 0 Å². The Balaban J connectivity index is 1.61. The molecule has 0 atom stereocenters. The molecule has 0 unspecified atom stereocenters. The molecule has 0 saturated carbocycles. The number of aromatic nitrogens is 1. The van der Waals surface area contributed by atoms with Gasteiger partial charge in [0.15, 0.2) is 0 Å². The molecule has 2 aromatic carbocycles. The molecule has 150 valence electrons. The molecule has 1 saturated heterocycles. The van der Waals surface area contributed by atoms with E-state index < -0.39 is 5.97 Å². The Bertz CT molecular complexity index is 1050. The lowest BCUT2D eigenvalue weighted by Crippen LogP contribution is -2.38. The maximum atomic E-state index is 13.2. The van der Waals surface area contributed by atoms with Crippen molar-refractivity contribution in [2.75, 3.05) is 19.7 Å². The maximum Gasteiger partial charge on any atom is 0.343 e. The first-order chi connectivity index (χ1) is 14.2. The molecular weight excluding hydrogens is 364 g/mol. The van der Waals surface area contributed by atoms with Crippen LogP contribution in [-0.4, -0.2) is 35.1 Å². The second-order valence-corrected chi connectivity index (χ2v) is 7.51. The predicted octanol–water partition coefficient (Wildman–Crippen LogP) is 4.02. The molecular formula is C24H26N2O3. The maximum absolute atomic E-state index is 13.2. The number of nitrogens with zero attached hydrogens (tertiary/aromatic N) is 2. The zero-order chi connectivity index (χ0) is 20.2. The van der Waals surface area contributed by atoms with Crippen LogP contribution in [0.15, 0.2) is 65.5 Å². The number of esters is 1. The van der Waals surface area contributed by atoms with Crippen LogP contribution in [0.1, 0.15) is 41.7 Å². The van der Waals surface area contributed by atoms with Gasteiger partial charge in [-0.25, -0.2) is 4.79 Å². The van der Waals surface area contributed by atoms with Crippen molar-refractivity contribution in [2.24, 2.45) is 0 Å². The second kappa shape index (κ2) is 8.62. The first-order valence-corrected chi connectivity index (χ1v) is 10.2. The molecule has 4 rings (SSSR count). The molecule has 0 N–H and O–H groups in total. The SMILES string of the molecule is CCOC(=O)c1cc2ccccc2n(C2CCN(Cc3ccccc3)CC2)c1=O. The van der Waals surface area contributed by atoms with Crippen LogP contribution in [0.2, 0.25) is 0 Å². The van der Waals surface area contributed by atoms with Crippen molar-refractivity contribution in [2.45, 2.75) is 32.4 Å². The topological polar surface area (TPSA) is 51.5 Å². The molecule has 5 heteroatoms. The number of benzene rings is 2. The van der Waals surface area contributed by atoms with E-state index in [1.165, 1.54) is 5.56 Å². The summed E-state index contributed by atoms with van der Waals surface area (Å²) < 4.78 is 6.94. The molecule has 1 fully saturated rings. The summed E-state index contributed by atoms with van der Waals surface area (Å²) in [6.45, 7) is 4.77. The molecule has 1 aromatic heterocycles. The van der Waals surface area contributed by atoms with E-state index in [0.29, 0.717) is 0 Å². The fraction of sp³-hybridized carbons (Fsp3) is 0.333. The van der Waals surface area contributed by atoms with Crippen LogP contribution in [0.3, 0.4) is 0 Å². The van der Waals surface area contributed by atoms with Crippen molar-refractivity contribution in [3.63, 3.8) is 0 Å². The Hall–Kier alpha value is -2.92. The van der Waals surface area contributed by atoms with Crippen LogP contribution in [-0.2, 0) is 11.3 Å². The smallest absolute Gasteiger partial charge is 0.343 e. The third-order valence-corrected chi connectivity index (χ3v) is 5.61. The highest BCUT2D eigenvalue weighted by molar-refractivity contribution is 5.93. The van der Waals surface area contributed by atoms with E-state index in [4.69, 9.17) is 4.74 Å². The molecule has 29 heavy (non-hydrogen) atoms. The summed E-state index contributed by atoms with van der Waals surface area (Å²) in [5.41, 5.74) is 2.06. The quantitative estimate of drug-likeness (QED) is 0.618. The van der Waals surface area contributed by atoms with E-state index in [-0.39, 0.29) is 23.8 Å². The van der Waals surface area contributed by atoms with Gasteiger partial charge in [-0.05, 0) is 42.8 Å². The van der Waals surface area contributed by atoms with Gasteiger partial charge in [0.25, 0.3) is 5.56 Å². The number of fused-ring (bicyclic) bond motifs is 1. The van der Waals surface area contributed by atoms with Gasteiger partial charge in [0.2, 0.25) is 0 Å². The third kappa shape index (κ3) is 4.10. The number of para-hydroxylation sites is 1. The number of rotatable bonds is 5. The van der Waals surface area contributed by atoms with Gasteiger partial charge in [0.05, 0.1) is 12.1 Å². The molecule has 0 spiro atoms. The van der Waals surface area contributed by atoms with Gasteiger partial charge in [0, 0.05) is 25.7 Å². The second-order valence-electron chi connectivity index (χ2n) is 7.51. The number of ether oxygens (including phenoxy) is 1. The largest absolute Gasteiger partial charge is 0.462 e. The van der Waals surface area contributed by atoms with E-state index in [0.717, 1.165) is 43.4 Å². The fourth-order valence-corrected chi connectivity index (χ4v) is 4.18. The van der Waals surface area contributed by atoms with Crippen molar-refractivity contribution in [1.82, 2.24) is 9.47 Å². The number of carbonyl (C=O) groups is 1. The van der Waals surface area contributed by atoms with Crippen molar-refractivity contribution in [3.8, 4) is 0 Å². The molecule has 5 nitrogen and oxygen atoms in total. The van der Waals surface area contributed by atoms with E-state index in [9.17, 15) is 9.59 Å². The summed E-state index contributed by atoms with van der Waals surface area (Å²) in [5.74, 6) is -0.543. The summed E-state index contributed by atoms with van der Waals surface area (Å²) in [5, 5.41) is 0.891. The molecule has 0 aliphatic carbocycles. The third-order valence-electron chi connectivity index (χ3n) is 5.61. The lowest BCUT2D eigenvalue weighted by molar-refractivity contribution is 0.0523. The van der Waals surface area contributed by atoms with Crippen LogP contribution in [0.4, 0.5) is 0 Å². The summed E-state index contributed by atoms with van der Waals surface area (Å²) in [4.78, 5) is 28.0. The minimum absolute atomic E-state index is 0.0776. The van der Waals surface area contributed by atoms with Gasteiger partial charge in [-0.15, -0.1) is 0 Å². The lowest BCUT2D eigenvalue weighted by Gasteiger charge is -2.33. The Kier molecular flexibility index (Phi) is 5.76. The van der Waals surface area contributed by atoms with Crippen molar-refractivity contribution in [3.05, 3.63) is 82.1 Å². The zero-order valence-corrected chi connectivity index (χ0v) is 16.7. The fourth-order valence-electron chi connectivity index (χ4n) is 4.18. The minimum Gasteiger partial charge on any atom is -0.462 e. The number of hydrogen-bond donors (Lipinski definition) is 0. The molecule has 0 bridgehead atoms. The van der Waals surface area contributed by atoms with Crippen molar-refractivity contribution in [1.29, 1.82) is 0 Å². The highest BCUT2D eigenvalue weighted by atomic mass is 16.5. The summed E-state index contributed by atoms with van der Waals surface area (Å²) in [7, 11) is 0.